The van der Waals surface area contributed by atoms with E-state index in [1.165, 1.54) is 13.2 Å². The lowest BCUT2D eigenvalue weighted by molar-refractivity contribution is 0.524. The van der Waals surface area contributed by atoms with E-state index in [-0.39, 0.29) is 0 Å². The molecule has 1 N–H and O–H groups in total. The zero-order valence-corrected chi connectivity index (χ0v) is 12.8. The Morgan fingerprint density at radius 2 is 2.21 bits per heavy atom. The van der Waals surface area contributed by atoms with Crippen molar-refractivity contribution in [3.05, 3.63) is 22.3 Å². The number of halogens is 2. The van der Waals surface area contributed by atoms with E-state index >= 15 is 0 Å². The number of aromatic nitrogens is 1. The summed E-state index contributed by atoms with van der Waals surface area (Å²) in [5, 5.41) is 0.458. The molecule has 1 fully saturated rings. The fourth-order valence-electron chi connectivity index (χ4n) is 2.19. The molecule has 0 amide bonds. The molecule has 0 spiro atoms. The molecule has 5 nitrogen and oxygen atoms in total. The van der Waals surface area contributed by atoms with E-state index in [9.17, 15) is 8.42 Å². The number of sulfonamides is 1. The van der Waals surface area contributed by atoms with Crippen LogP contribution in [0.15, 0.2) is 12.3 Å². The molecule has 0 bridgehead atoms. The Labute approximate surface area is 123 Å². The molecule has 2 heterocycles. The van der Waals surface area contributed by atoms with Crippen LogP contribution >= 0.6 is 23.2 Å². The lowest BCUT2D eigenvalue weighted by atomic mass is 10.1. The molecule has 1 atom stereocenters. The van der Waals surface area contributed by atoms with Crippen LogP contribution in [0.2, 0.25) is 10.0 Å². The van der Waals surface area contributed by atoms with Gasteiger partial charge in [0, 0.05) is 19.3 Å². The highest BCUT2D eigenvalue weighted by atomic mass is 35.5. The molecular weight excluding hydrogens is 309 g/mol. The Morgan fingerprint density at radius 3 is 2.84 bits per heavy atom. The van der Waals surface area contributed by atoms with Crippen LogP contribution < -0.4 is 9.62 Å². The summed E-state index contributed by atoms with van der Waals surface area (Å²) >= 11 is 11.9. The highest BCUT2D eigenvalue weighted by Crippen LogP contribution is 2.29. The van der Waals surface area contributed by atoms with Crippen molar-refractivity contribution >= 4 is 39.0 Å². The summed E-state index contributed by atoms with van der Waals surface area (Å²) in [7, 11) is -1.84. The molecule has 1 saturated heterocycles. The third-order valence-electron chi connectivity index (χ3n) is 3.19. The van der Waals surface area contributed by atoms with E-state index in [2.05, 4.69) is 9.71 Å². The number of pyridine rings is 1. The van der Waals surface area contributed by atoms with Gasteiger partial charge in [-0.25, -0.2) is 18.1 Å². The molecule has 106 valence electrons. The van der Waals surface area contributed by atoms with Crippen molar-refractivity contribution in [1.82, 2.24) is 9.71 Å². The third kappa shape index (κ3) is 3.31. The molecule has 19 heavy (non-hydrogen) atoms. The second kappa shape index (κ2) is 5.83. The highest BCUT2D eigenvalue weighted by Gasteiger charge is 2.30. The van der Waals surface area contributed by atoms with Crippen molar-refractivity contribution in [2.75, 3.05) is 25.0 Å². The monoisotopic (exact) mass is 323 g/mol. The van der Waals surface area contributed by atoms with Gasteiger partial charge >= 0.3 is 0 Å². The number of nitrogens with one attached hydrogen (secondary N) is 1. The second-order valence-corrected chi connectivity index (χ2v) is 7.43. The van der Waals surface area contributed by atoms with Gasteiger partial charge in [0.05, 0.1) is 15.3 Å². The average molecular weight is 324 g/mol. The molecular formula is C11H15Cl2N3O2S. The quantitative estimate of drug-likeness (QED) is 0.922. The maximum atomic E-state index is 11.9. The first-order chi connectivity index (χ1) is 8.94. The first-order valence-corrected chi connectivity index (χ1v) is 8.22. The Morgan fingerprint density at radius 1 is 1.47 bits per heavy atom. The molecule has 0 radical (unpaired) electrons. The number of anilines is 1. The molecule has 1 aromatic heterocycles. The van der Waals surface area contributed by atoms with Crippen molar-refractivity contribution in [3.8, 4) is 0 Å². The summed E-state index contributed by atoms with van der Waals surface area (Å²) in [6.45, 7) is 1.13. The van der Waals surface area contributed by atoms with Gasteiger partial charge in [0.25, 0.3) is 0 Å². The molecule has 0 saturated carbocycles. The lowest BCUT2D eigenvalue weighted by Gasteiger charge is -2.33. The van der Waals surface area contributed by atoms with Gasteiger partial charge in [-0.05, 0) is 26.0 Å². The maximum Gasteiger partial charge on any atom is 0.215 e. The van der Waals surface area contributed by atoms with Gasteiger partial charge in [0.2, 0.25) is 10.0 Å². The van der Waals surface area contributed by atoms with Crippen LogP contribution in [0.4, 0.5) is 5.82 Å². The molecule has 1 unspecified atom stereocenters. The maximum absolute atomic E-state index is 11.9. The third-order valence-corrected chi connectivity index (χ3v) is 5.51. The predicted octanol–water partition coefficient (Wildman–Crippen LogP) is 1.91. The Kier molecular flexibility index (Phi) is 4.55. The van der Waals surface area contributed by atoms with Gasteiger partial charge in [0.1, 0.15) is 5.82 Å². The summed E-state index contributed by atoms with van der Waals surface area (Å²) in [4.78, 5) is 6.08. The van der Waals surface area contributed by atoms with E-state index in [1.807, 2.05) is 4.90 Å². The minimum atomic E-state index is -3.27. The van der Waals surface area contributed by atoms with Crippen molar-refractivity contribution in [1.29, 1.82) is 0 Å². The fraction of sp³-hybridized carbons (Fsp3) is 0.545. The molecule has 2 rings (SSSR count). The SMILES string of the molecule is CNS(=O)(=O)C1CCCN(c2ncc(Cl)cc2Cl)C1. The van der Waals surface area contributed by atoms with Crippen molar-refractivity contribution in [2.45, 2.75) is 18.1 Å². The van der Waals surface area contributed by atoms with E-state index in [0.29, 0.717) is 28.8 Å². The lowest BCUT2D eigenvalue weighted by Crippen LogP contribution is -2.46. The molecule has 0 aromatic carbocycles. The topological polar surface area (TPSA) is 62.3 Å². The smallest absolute Gasteiger partial charge is 0.215 e. The molecule has 1 aliphatic rings. The summed E-state index contributed by atoms with van der Waals surface area (Å²) in [5.74, 6) is 0.585. The summed E-state index contributed by atoms with van der Waals surface area (Å²) < 4.78 is 26.1. The van der Waals surface area contributed by atoms with Crippen molar-refractivity contribution in [3.63, 3.8) is 0 Å². The van der Waals surface area contributed by atoms with Gasteiger partial charge in [-0.1, -0.05) is 23.2 Å². The fourth-order valence-corrected chi connectivity index (χ4v) is 3.88. The van der Waals surface area contributed by atoms with E-state index in [4.69, 9.17) is 23.2 Å². The first-order valence-electron chi connectivity index (χ1n) is 5.92. The zero-order chi connectivity index (χ0) is 14.0. The van der Waals surface area contributed by atoms with Crippen LogP contribution in [-0.4, -0.2) is 38.8 Å². The molecule has 8 heteroatoms. The van der Waals surface area contributed by atoms with Crippen LogP contribution in [0.3, 0.4) is 0 Å². The van der Waals surface area contributed by atoms with E-state index in [0.717, 1.165) is 13.0 Å². The number of hydrogen-bond donors (Lipinski definition) is 1. The van der Waals surface area contributed by atoms with Gasteiger partial charge in [0.15, 0.2) is 0 Å². The predicted molar refractivity (Wildman–Crippen MR) is 77.5 cm³/mol. The largest absolute Gasteiger partial charge is 0.354 e. The molecule has 1 aliphatic heterocycles. The summed E-state index contributed by atoms with van der Waals surface area (Å²) in [5.41, 5.74) is 0. The average Bonchev–Trinajstić information content (AvgIpc) is 2.39. The first kappa shape index (κ1) is 14.8. The van der Waals surface area contributed by atoms with Crippen LogP contribution in [0.25, 0.3) is 0 Å². The Bertz CT molecular complexity index is 565. The number of rotatable bonds is 3. The Balaban J connectivity index is 2.22. The number of hydrogen-bond acceptors (Lipinski definition) is 4. The van der Waals surface area contributed by atoms with Gasteiger partial charge < -0.3 is 4.90 Å². The Hall–Kier alpha value is -0.560. The van der Waals surface area contributed by atoms with E-state index < -0.39 is 15.3 Å². The number of nitrogens with zero attached hydrogens (tertiary/aromatic N) is 2. The summed E-state index contributed by atoms with van der Waals surface area (Å²) in [6, 6.07) is 1.61. The highest BCUT2D eigenvalue weighted by molar-refractivity contribution is 7.90. The molecule has 0 aliphatic carbocycles. The normalized spacial score (nSPS) is 20.6. The van der Waals surface area contributed by atoms with Crippen LogP contribution in [-0.2, 0) is 10.0 Å². The standard InChI is InChI=1S/C11H15Cl2N3O2S/c1-14-19(17,18)9-3-2-4-16(7-9)11-10(13)5-8(12)6-15-11/h5-6,9,14H,2-4,7H2,1H3. The minimum Gasteiger partial charge on any atom is -0.354 e. The minimum absolute atomic E-state index is 0.386. The van der Waals surface area contributed by atoms with E-state index in [1.54, 1.807) is 6.07 Å². The van der Waals surface area contributed by atoms with Crippen molar-refractivity contribution < 1.29 is 8.42 Å². The van der Waals surface area contributed by atoms with Crippen LogP contribution in [0.5, 0.6) is 0 Å². The molecule has 1 aromatic rings. The van der Waals surface area contributed by atoms with Crippen molar-refractivity contribution in [2.24, 2.45) is 0 Å². The summed E-state index contributed by atoms with van der Waals surface area (Å²) in [6.07, 6.45) is 2.94. The van der Waals surface area contributed by atoms with Gasteiger partial charge in [-0.3, -0.25) is 0 Å². The van der Waals surface area contributed by atoms with Gasteiger partial charge in [-0.2, -0.15) is 0 Å². The van der Waals surface area contributed by atoms with Crippen LogP contribution in [0, 0.1) is 0 Å². The number of piperidine rings is 1. The van der Waals surface area contributed by atoms with Gasteiger partial charge in [-0.15, -0.1) is 0 Å². The van der Waals surface area contributed by atoms with Crippen LogP contribution in [0.1, 0.15) is 12.8 Å². The zero-order valence-electron chi connectivity index (χ0n) is 10.4. The second-order valence-electron chi connectivity index (χ2n) is 4.42.